The lowest BCUT2D eigenvalue weighted by molar-refractivity contribution is -0.133. The second kappa shape index (κ2) is 12.0. The van der Waals surface area contributed by atoms with Gasteiger partial charge < -0.3 is 9.84 Å². The van der Waals surface area contributed by atoms with E-state index in [1.54, 1.807) is 0 Å². The summed E-state index contributed by atoms with van der Waals surface area (Å²) in [5, 5.41) is 8.59. The summed E-state index contributed by atoms with van der Waals surface area (Å²) >= 11 is 0. The highest BCUT2D eigenvalue weighted by Crippen LogP contribution is 2.13. The first-order chi connectivity index (χ1) is 10.8. The fraction of sp³-hybridized carbons (Fsp3) is 0.588. The maximum absolute atomic E-state index is 11.6. The Hall–Kier alpha value is -1.59. The lowest BCUT2D eigenvalue weighted by Gasteiger charge is -2.08. The zero-order chi connectivity index (χ0) is 16.0. The molecule has 0 fully saturated rings. The van der Waals surface area contributed by atoms with E-state index in [-0.39, 0.29) is 18.9 Å². The van der Waals surface area contributed by atoms with E-state index in [0.717, 1.165) is 24.3 Å². The maximum atomic E-state index is 11.6. The lowest BCUT2D eigenvalue weighted by atomic mass is 10.1. The molecule has 0 radical (unpaired) electrons. The van der Waals surface area contributed by atoms with Gasteiger partial charge in [0.05, 0.1) is 19.6 Å². The minimum atomic E-state index is -0.203. The molecule has 1 aromatic carbocycles. The van der Waals surface area contributed by atoms with Crippen LogP contribution in [0.3, 0.4) is 0 Å². The fourth-order valence-corrected chi connectivity index (χ4v) is 1.91. The van der Waals surface area contributed by atoms with E-state index in [9.17, 15) is 4.79 Å². The van der Waals surface area contributed by atoms with Gasteiger partial charge >= 0.3 is 0 Å². The zero-order valence-corrected chi connectivity index (χ0v) is 13.3. The summed E-state index contributed by atoms with van der Waals surface area (Å²) in [6.07, 6.45) is 5.51. The number of unbranched alkanes of at least 4 members (excludes halogenated alkanes) is 3. The Morgan fingerprint density at radius 3 is 2.55 bits per heavy atom. The van der Waals surface area contributed by atoms with E-state index < -0.39 is 0 Å². The molecule has 0 heterocycles. The average molecular weight is 309 g/mol. The van der Waals surface area contributed by atoms with Crippen molar-refractivity contribution < 1.29 is 19.5 Å². The highest BCUT2D eigenvalue weighted by molar-refractivity contribution is 5.77. The molecule has 1 rings (SSSR count). The summed E-state index contributed by atoms with van der Waals surface area (Å²) in [5.74, 6) is 0.631. The number of hydrogen-bond acceptors (Lipinski definition) is 4. The van der Waals surface area contributed by atoms with Crippen molar-refractivity contribution in [3.63, 3.8) is 0 Å². The van der Waals surface area contributed by atoms with Crippen LogP contribution in [0.15, 0.2) is 24.3 Å². The monoisotopic (exact) mass is 309 g/mol. The number of ether oxygens (including phenoxy) is 1. The van der Waals surface area contributed by atoms with Crippen molar-refractivity contribution in [2.45, 2.75) is 45.4 Å². The second-order valence-electron chi connectivity index (χ2n) is 5.18. The number of amides is 1. The Labute approximate surface area is 132 Å². The molecule has 0 spiro atoms. The number of carbonyl (C=O) groups is 1. The van der Waals surface area contributed by atoms with Crippen molar-refractivity contribution in [2.24, 2.45) is 0 Å². The van der Waals surface area contributed by atoms with Crippen LogP contribution in [0.25, 0.3) is 0 Å². The quantitative estimate of drug-likeness (QED) is 0.460. The van der Waals surface area contributed by atoms with Crippen LogP contribution in [-0.4, -0.2) is 30.8 Å². The van der Waals surface area contributed by atoms with Crippen LogP contribution in [-0.2, 0) is 16.1 Å². The Bertz CT molecular complexity index is 406. The van der Waals surface area contributed by atoms with Gasteiger partial charge in [0.2, 0.25) is 5.91 Å². The molecular weight excluding hydrogens is 282 g/mol. The van der Waals surface area contributed by atoms with Crippen molar-refractivity contribution in [2.75, 3.05) is 19.8 Å². The number of carbonyl (C=O) groups excluding carboxylic acids is 1. The van der Waals surface area contributed by atoms with Gasteiger partial charge in [-0.15, -0.1) is 0 Å². The van der Waals surface area contributed by atoms with E-state index in [1.165, 1.54) is 19.3 Å². The summed E-state index contributed by atoms with van der Waals surface area (Å²) in [6.45, 7) is 3.29. The predicted octanol–water partition coefficient (Wildman–Crippen LogP) is 2.62. The number of aliphatic hydroxyl groups is 1. The third kappa shape index (κ3) is 8.64. The number of nitrogens with one attached hydrogen (secondary N) is 1. The Balaban J connectivity index is 2.22. The molecule has 1 amide bonds. The maximum Gasteiger partial charge on any atom is 0.247 e. The minimum Gasteiger partial charge on any atom is -0.494 e. The van der Waals surface area contributed by atoms with Gasteiger partial charge in [-0.2, -0.15) is 0 Å². The largest absolute Gasteiger partial charge is 0.494 e. The van der Waals surface area contributed by atoms with Crippen LogP contribution >= 0.6 is 0 Å². The van der Waals surface area contributed by atoms with Crippen LogP contribution < -0.4 is 10.2 Å². The van der Waals surface area contributed by atoms with Crippen molar-refractivity contribution in [3.8, 4) is 5.75 Å². The van der Waals surface area contributed by atoms with Gasteiger partial charge in [-0.05, 0) is 30.5 Å². The molecule has 0 aliphatic rings. The molecule has 0 aliphatic carbocycles. The minimum absolute atomic E-state index is 0.0514. The summed E-state index contributed by atoms with van der Waals surface area (Å²) in [5.41, 5.74) is 3.26. The summed E-state index contributed by atoms with van der Waals surface area (Å²) in [6, 6.07) is 7.54. The molecule has 0 aromatic heterocycles. The van der Waals surface area contributed by atoms with Crippen molar-refractivity contribution in [3.05, 3.63) is 29.8 Å². The Morgan fingerprint density at radius 2 is 1.86 bits per heavy atom. The van der Waals surface area contributed by atoms with E-state index in [0.29, 0.717) is 13.0 Å². The summed E-state index contributed by atoms with van der Waals surface area (Å²) in [7, 11) is 0. The lowest BCUT2D eigenvalue weighted by Crippen LogP contribution is -2.26. The third-order valence-corrected chi connectivity index (χ3v) is 3.15. The third-order valence-electron chi connectivity index (χ3n) is 3.15. The Morgan fingerprint density at radius 1 is 1.09 bits per heavy atom. The summed E-state index contributed by atoms with van der Waals surface area (Å²) in [4.78, 5) is 16.5. The first-order valence-electron chi connectivity index (χ1n) is 7.99. The molecule has 2 N–H and O–H groups in total. The smallest absolute Gasteiger partial charge is 0.247 e. The van der Waals surface area contributed by atoms with E-state index in [4.69, 9.17) is 14.7 Å². The van der Waals surface area contributed by atoms with Gasteiger partial charge in [0.1, 0.15) is 5.75 Å². The molecule has 0 aliphatic heterocycles. The first-order valence-corrected chi connectivity index (χ1v) is 7.99. The van der Waals surface area contributed by atoms with Crippen molar-refractivity contribution in [1.29, 1.82) is 0 Å². The number of hydroxylamine groups is 1. The van der Waals surface area contributed by atoms with Crippen molar-refractivity contribution in [1.82, 2.24) is 5.48 Å². The molecule has 5 heteroatoms. The van der Waals surface area contributed by atoms with Crippen LogP contribution in [0, 0.1) is 0 Å². The fourth-order valence-electron chi connectivity index (χ4n) is 1.91. The van der Waals surface area contributed by atoms with Crippen LogP contribution in [0.5, 0.6) is 5.75 Å². The number of aliphatic hydroxyl groups excluding tert-OH is 1. The molecule has 0 saturated carbocycles. The second-order valence-corrected chi connectivity index (χ2v) is 5.18. The standard InChI is InChI=1S/C17H27NO4/c1-2-3-4-5-12-21-16-9-7-15(8-10-16)14-17(20)18-22-13-6-11-19/h7-10,19H,2-6,11-14H2,1H3,(H,18,20). The van der Waals surface area contributed by atoms with Gasteiger partial charge in [-0.25, -0.2) is 5.48 Å². The van der Waals surface area contributed by atoms with Crippen LogP contribution in [0.2, 0.25) is 0 Å². The molecule has 124 valence electrons. The average Bonchev–Trinajstić information content (AvgIpc) is 2.53. The topological polar surface area (TPSA) is 67.8 Å². The molecule has 1 aromatic rings. The molecular formula is C17H27NO4. The molecule has 0 atom stereocenters. The van der Waals surface area contributed by atoms with E-state index in [1.807, 2.05) is 24.3 Å². The first kappa shape index (κ1) is 18.5. The van der Waals surface area contributed by atoms with Gasteiger partial charge in [0.25, 0.3) is 0 Å². The molecule has 0 bridgehead atoms. The van der Waals surface area contributed by atoms with Crippen LogP contribution in [0.1, 0.15) is 44.6 Å². The van der Waals surface area contributed by atoms with Gasteiger partial charge in [-0.3, -0.25) is 9.63 Å². The van der Waals surface area contributed by atoms with E-state index >= 15 is 0 Å². The van der Waals surface area contributed by atoms with Crippen LogP contribution in [0.4, 0.5) is 0 Å². The normalized spacial score (nSPS) is 10.5. The SMILES string of the molecule is CCCCCCOc1ccc(CC(=O)NOCCCO)cc1. The number of benzene rings is 1. The molecule has 0 unspecified atom stereocenters. The van der Waals surface area contributed by atoms with Gasteiger partial charge in [-0.1, -0.05) is 38.3 Å². The Kier molecular flexibility index (Phi) is 10.1. The molecule has 0 saturated heterocycles. The van der Waals surface area contributed by atoms with E-state index in [2.05, 4.69) is 12.4 Å². The highest BCUT2D eigenvalue weighted by atomic mass is 16.6. The highest BCUT2D eigenvalue weighted by Gasteiger charge is 2.03. The van der Waals surface area contributed by atoms with Crippen molar-refractivity contribution >= 4 is 5.91 Å². The molecule has 22 heavy (non-hydrogen) atoms. The number of rotatable bonds is 12. The van der Waals surface area contributed by atoms with Gasteiger partial charge in [0.15, 0.2) is 0 Å². The van der Waals surface area contributed by atoms with Gasteiger partial charge in [0, 0.05) is 6.61 Å². The number of hydrogen-bond donors (Lipinski definition) is 2. The molecule has 5 nitrogen and oxygen atoms in total. The summed E-state index contributed by atoms with van der Waals surface area (Å²) < 4.78 is 5.66. The predicted molar refractivity (Wildman–Crippen MR) is 85.6 cm³/mol. The zero-order valence-electron chi connectivity index (χ0n) is 13.3.